The highest BCUT2D eigenvalue weighted by Crippen LogP contribution is 2.33. The first-order valence-electron chi connectivity index (χ1n) is 13.1. The summed E-state index contributed by atoms with van der Waals surface area (Å²) < 4.78 is 68.8. The summed E-state index contributed by atoms with van der Waals surface area (Å²) in [6, 6.07) is 17.2. The zero-order valence-electron chi connectivity index (χ0n) is 23.4. The van der Waals surface area contributed by atoms with Crippen molar-refractivity contribution in [1.29, 1.82) is 0 Å². The van der Waals surface area contributed by atoms with Crippen molar-refractivity contribution < 1.29 is 31.2 Å². The van der Waals surface area contributed by atoms with Gasteiger partial charge >= 0.3 is 6.18 Å². The molecule has 2 amide bonds. The van der Waals surface area contributed by atoms with Crippen LogP contribution in [-0.2, 0) is 32.3 Å². The fourth-order valence-corrected chi connectivity index (χ4v) is 5.56. The van der Waals surface area contributed by atoms with Gasteiger partial charge in [-0.15, -0.1) is 0 Å². The number of sulfonamides is 1. The number of rotatable bonds is 11. The summed E-state index contributed by atoms with van der Waals surface area (Å²) in [5.74, 6) is -1.04. The Labute approximate surface area is 239 Å². The second-order valence-electron chi connectivity index (χ2n) is 10.2. The van der Waals surface area contributed by atoms with Gasteiger partial charge < -0.3 is 10.2 Å². The molecule has 0 saturated heterocycles. The summed E-state index contributed by atoms with van der Waals surface area (Å²) in [7, 11) is -4.47. The van der Waals surface area contributed by atoms with Gasteiger partial charge in [-0.25, -0.2) is 8.42 Å². The molecule has 0 fully saturated rings. The largest absolute Gasteiger partial charge is 0.416 e. The molecule has 7 nitrogen and oxygen atoms in total. The van der Waals surface area contributed by atoms with Crippen LogP contribution in [0.1, 0.15) is 37.5 Å². The molecule has 0 spiro atoms. The average molecular weight is 590 g/mol. The summed E-state index contributed by atoms with van der Waals surface area (Å²) in [5.41, 5.74) is 0.237. The molecule has 3 aromatic carbocycles. The lowest BCUT2D eigenvalue weighted by Gasteiger charge is -2.32. The first-order chi connectivity index (χ1) is 19.2. The van der Waals surface area contributed by atoms with E-state index in [1.165, 1.54) is 42.2 Å². The normalized spacial score (nSPS) is 12.6. The molecular formula is C30H34F3N3O4S. The second-order valence-corrected chi connectivity index (χ2v) is 12.1. The number of carbonyl (C=O) groups excluding carboxylic acids is 2. The lowest BCUT2D eigenvalue weighted by Crippen LogP contribution is -2.51. The minimum atomic E-state index is -4.73. The van der Waals surface area contributed by atoms with Crippen LogP contribution in [-0.4, -0.2) is 44.3 Å². The van der Waals surface area contributed by atoms with E-state index >= 15 is 0 Å². The molecule has 3 aromatic rings. The second kappa shape index (κ2) is 13.2. The summed E-state index contributed by atoms with van der Waals surface area (Å²) in [6.45, 7) is 6.77. The van der Waals surface area contributed by atoms with Gasteiger partial charge in [0.2, 0.25) is 11.8 Å². The average Bonchev–Trinajstić information content (AvgIpc) is 2.92. The van der Waals surface area contributed by atoms with Crippen LogP contribution in [0.15, 0.2) is 83.8 Å². The number of alkyl halides is 3. The lowest BCUT2D eigenvalue weighted by molar-refractivity contribution is -0.139. The van der Waals surface area contributed by atoms with Crippen LogP contribution in [0.5, 0.6) is 0 Å². The van der Waals surface area contributed by atoms with Crippen molar-refractivity contribution in [2.24, 2.45) is 5.92 Å². The topological polar surface area (TPSA) is 86.8 Å². The Balaban J connectivity index is 2.06. The van der Waals surface area contributed by atoms with Gasteiger partial charge in [-0.2, -0.15) is 13.2 Å². The molecule has 0 aromatic heterocycles. The van der Waals surface area contributed by atoms with Gasteiger partial charge in [0, 0.05) is 13.1 Å². The Bertz CT molecular complexity index is 1460. The molecule has 0 heterocycles. The summed E-state index contributed by atoms with van der Waals surface area (Å²) in [4.78, 5) is 27.9. The van der Waals surface area contributed by atoms with Crippen LogP contribution < -0.4 is 9.62 Å². The van der Waals surface area contributed by atoms with Gasteiger partial charge in [0.05, 0.1) is 16.1 Å². The fourth-order valence-electron chi connectivity index (χ4n) is 4.13. The SMILES string of the molecule is Cc1cccc(CN(C(=O)CN(c2cccc(C(F)(F)F)c2)S(=O)(=O)c2ccccc2)[C@@H](C)C(=O)NCC(C)C)c1. The van der Waals surface area contributed by atoms with Crippen LogP contribution in [0.4, 0.5) is 18.9 Å². The smallest absolute Gasteiger partial charge is 0.354 e. The number of aryl methyl sites for hydroxylation is 1. The van der Waals surface area contributed by atoms with E-state index in [0.717, 1.165) is 17.7 Å². The van der Waals surface area contributed by atoms with Crippen LogP contribution in [0.3, 0.4) is 0 Å². The molecule has 1 N–H and O–H groups in total. The van der Waals surface area contributed by atoms with E-state index < -0.39 is 46.2 Å². The summed E-state index contributed by atoms with van der Waals surface area (Å²) >= 11 is 0. The summed E-state index contributed by atoms with van der Waals surface area (Å²) in [5, 5.41) is 2.79. The number of anilines is 1. The van der Waals surface area contributed by atoms with E-state index in [0.29, 0.717) is 22.5 Å². The van der Waals surface area contributed by atoms with Crippen molar-refractivity contribution in [2.45, 2.75) is 51.4 Å². The van der Waals surface area contributed by atoms with E-state index in [1.54, 1.807) is 18.2 Å². The summed E-state index contributed by atoms with van der Waals surface area (Å²) in [6.07, 6.45) is -4.73. The Morgan fingerprint density at radius 2 is 1.56 bits per heavy atom. The molecule has 0 saturated carbocycles. The van der Waals surface area contributed by atoms with Crippen molar-refractivity contribution in [2.75, 3.05) is 17.4 Å². The maximum Gasteiger partial charge on any atom is 0.416 e. The quantitative estimate of drug-likeness (QED) is 0.325. The predicted octanol–water partition coefficient (Wildman–Crippen LogP) is 5.40. The van der Waals surface area contributed by atoms with Gasteiger partial charge in [-0.1, -0.05) is 67.9 Å². The van der Waals surface area contributed by atoms with Gasteiger partial charge in [0.1, 0.15) is 12.6 Å². The molecule has 0 unspecified atom stereocenters. The molecule has 0 bridgehead atoms. The van der Waals surface area contributed by atoms with Crippen molar-refractivity contribution in [3.05, 3.63) is 95.6 Å². The van der Waals surface area contributed by atoms with E-state index in [1.807, 2.05) is 32.9 Å². The third-order valence-corrected chi connectivity index (χ3v) is 8.15. The van der Waals surface area contributed by atoms with Crippen LogP contribution in [0, 0.1) is 12.8 Å². The van der Waals surface area contributed by atoms with Crippen molar-refractivity contribution in [1.82, 2.24) is 10.2 Å². The first-order valence-corrected chi connectivity index (χ1v) is 14.5. The maximum atomic E-state index is 13.9. The number of carbonyl (C=O) groups is 2. The third-order valence-electron chi connectivity index (χ3n) is 6.36. The van der Waals surface area contributed by atoms with E-state index in [4.69, 9.17) is 0 Å². The Hall–Kier alpha value is -3.86. The minimum Gasteiger partial charge on any atom is -0.354 e. The van der Waals surface area contributed by atoms with Crippen LogP contribution in [0.25, 0.3) is 0 Å². The van der Waals surface area contributed by atoms with Crippen molar-refractivity contribution >= 4 is 27.5 Å². The Kier molecular flexibility index (Phi) is 10.2. The molecule has 0 radical (unpaired) electrons. The number of benzene rings is 3. The third kappa shape index (κ3) is 8.32. The highest BCUT2D eigenvalue weighted by atomic mass is 32.2. The van der Waals surface area contributed by atoms with Gasteiger partial charge in [-0.05, 0) is 55.7 Å². The van der Waals surface area contributed by atoms with Gasteiger partial charge in [-0.3, -0.25) is 13.9 Å². The number of nitrogens with one attached hydrogen (secondary N) is 1. The number of halogens is 3. The Morgan fingerprint density at radius 3 is 2.17 bits per heavy atom. The zero-order valence-corrected chi connectivity index (χ0v) is 24.2. The highest BCUT2D eigenvalue weighted by molar-refractivity contribution is 7.92. The minimum absolute atomic E-state index is 0.0153. The number of amides is 2. The molecule has 1 atom stereocenters. The number of hydrogen-bond acceptors (Lipinski definition) is 4. The van der Waals surface area contributed by atoms with Crippen LogP contribution in [0.2, 0.25) is 0 Å². The highest BCUT2D eigenvalue weighted by Gasteiger charge is 2.35. The van der Waals surface area contributed by atoms with Crippen molar-refractivity contribution in [3.8, 4) is 0 Å². The van der Waals surface area contributed by atoms with Gasteiger partial charge in [0.25, 0.3) is 10.0 Å². The lowest BCUT2D eigenvalue weighted by atomic mass is 10.1. The molecule has 0 aliphatic rings. The van der Waals surface area contributed by atoms with E-state index in [-0.39, 0.29) is 23.0 Å². The fraction of sp³-hybridized carbons (Fsp3) is 0.333. The molecule has 11 heteroatoms. The molecule has 0 aliphatic heterocycles. The molecule has 41 heavy (non-hydrogen) atoms. The maximum absolute atomic E-state index is 13.9. The molecule has 0 aliphatic carbocycles. The zero-order chi connectivity index (χ0) is 30.4. The predicted molar refractivity (Wildman–Crippen MR) is 151 cm³/mol. The van der Waals surface area contributed by atoms with Crippen molar-refractivity contribution in [3.63, 3.8) is 0 Å². The Morgan fingerprint density at radius 1 is 0.902 bits per heavy atom. The van der Waals surface area contributed by atoms with Gasteiger partial charge in [0.15, 0.2) is 0 Å². The number of nitrogens with zero attached hydrogens (tertiary/aromatic N) is 2. The van der Waals surface area contributed by atoms with E-state index in [2.05, 4.69) is 5.32 Å². The monoisotopic (exact) mass is 589 g/mol. The molecule has 3 rings (SSSR count). The number of hydrogen-bond donors (Lipinski definition) is 1. The van der Waals surface area contributed by atoms with E-state index in [9.17, 15) is 31.2 Å². The molecule has 220 valence electrons. The molecular weight excluding hydrogens is 555 g/mol. The van der Waals surface area contributed by atoms with Crippen LogP contribution >= 0.6 is 0 Å². The standard InChI is InChI=1S/C30H34F3N3O4S/c1-21(2)18-34-29(38)23(4)35(19-24-11-8-10-22(3)16-24)28(37)20-36(41(39,40)27-14-6-5-7-15-27)26-13-9-12-25(17-26)30(31,32)33/h5-17,21,23H,18-20H2,1-4H3,(H,34,38)/t23-/m0/s1. The first kappa shape index (κ1) is 31.7.